The molecule has 6 rings (SSSR count). The summed E-state index contributed by atoms with van der Waals surface area (Å²) in [6.45, 7) is 7.69. The Hall–Kier alpha value is -6.82. The molecule has 0 fully saturated rings. The molecule has 264 valence electrons. The first kappa shape index (κ1) is 36.5. The second kappa shape index (κ2) is 15.4. The van der Waals surface area contributed by atoms with Gasteiger partial charge in [0.15, 0.2) is 11.5 Å². The third kappa shape index (κ3) is 8.13. The molecule has 0 aliphatic carbocycles. The van der Waals surface area contributed by atoms with Gasteiger partial charge in [-0.15, -0.1) is 0 Å². The Morgan fingerprint density at radius 1 is 0.327 bits per heavy atom. The van der Waals surface area contributed by atoms with Crippen LogP contribution in [0.4, 0.5) is 0 Å². The Morgan fingerprint density at radius 2 is 0.538 bits per heavy atom. The van der Waals surface area contributed by atoms with E-state index >= 15 is 0 Å². The van der Waals surface area contributed by atoms with Crippen LogP contribution >= 0.6 is 0 Å². The van der Waals surface area contributed by atoms with Crippen molar-refractivity contribution < 1.29 is 57.2 Å². The molecule has 0 radical (unpaired) electrons. The van der Waals surface area contributed by atoms with E-state index in [4.69, 9.17) is 28.4 Å². The Morgan fingerprint density at radius 3 is 0.731 bits per heavy atom. The van der Waals surface area contributed by atoms with Crippen LogP contribution in [0.3, 0.4) is 0 Å². The van der Waals surface area contributed by atoms with Crippen LogP contribution in [0.15, 0.2) is 84.9 Å². The Bertz CT molecular complexity index is 2130. The highest BCUT2D eigenvalue weighted by atomic mass is 16.6. The zero-order valence-electron chi connectivity index (χ0n) is 29.0. The van der Waals surface area contributed by atoms with Crippen molar-refractivity contribution in [1.29, 1.82) is 0 Å². The lowest BCUT2D eigenvalue weighted by molar-refractivity contribution is -0.133. The maximum atomic E-state index is 11.7. The molecule has 0 atom stereocenters. The number of carbonyl (C=O) groups is 6. The summed E-state index contributed by atoms with van der Waals surface area (Å²) >= 11 is 0. The standard InChI is InChI=1S/2C20H16O6/c2*1-11(21)24-16-8-4-6-14-10-15-7-5-9-17(25-12(2)22)19(15)20(18(14)16)26-13(3)23/h2*4-10H,1-3H3. The number of rotatable bonds is 6. The molecule has 0 amide bonds. The first-order valence-electron chi connectivity index (χ1n) is 15.8. The van der Waals surface area contributed by atoms with Gasteiger partial charge in [0.2, 0.25) is 0 Å². The lowest BCUT2D eigenvalue weighted by Crippen LogP contribution is -2.07. The van der Waals surface area contributed by atoms with Crippen LogP contribution in [0, 0.1) is 0 Å². The molecule has 12 heteroatoms. The lowest BCUT2D eigenvalue weighted by atomic mass is 10.0. The zero-order valence-corrected chi connectivity index (χ0v) is 29.0. The molecule has 0 spiro atoms. The van der Waals surface area contributed by atoms with E-state index < -0.39 is 35.8 Å². The minimum atomic E-state index is -0.547. The highest BCUT2D eigenvalue weighted by Gasteiger charge is 2.21. The third-order valence-corrected chi connectivity index (χ3v) is 7.27. The van der Waals surface area contributed by atoms with Gasteiger partial charge < -0.3 is 28.4 Å². The molecule has 0 bridgehead atoms. The molecule has 0 N–H and O–H groups in total. The quantitative estimate of drug-likeness (QED) is 0.0954. The Labute approximate surface area is 296 Å². The minimum absolute atomic E-state index is 0.179. The molecule has 52 heavy (non-hydrogen) atoms. The zero-order chi connectivity index (χ0) is 37.7. The maximum absolute atomic E-state index is 11.7. The van der Waals surface area contributed by atoms with E-state index in [9.17, 15) is 28.8 Å². The molecule has 6 aromatic carbocycles. The summed E-state index contributed by atoms with van der Waals surface area (Å²) < 4.78 is 32.1. The van der Waals surface area contributed by atoms with E-state index in [0.717, 1.165) is 0 Å². The molecule has 0 aromatic heterocycles. The van der Waals surface area contributed by atoms with E-state index in [2.05, 4.69) is 0 Å². The van der Waals surface area contributed by atoms with Gasteiger partial charge in [0.25, 0.3) is 0 Å². The number of hydrogen-bond acceptors (Lipinski definition) is 12. The Kier molecular flexibility index (Phi) is 10.8. The molecular formula is C40H32O12. The molecule has 0 saturated carbocycles. The topological polar surface area (TPSA) is 158 Å². The van der Waals surface area contributed by atoms with E-state index in [1.165, 1.54) is 41.5 Å². The van der Waals surface area contributed by atoms with Gasteiger partial charge in [-0.05, 0) is 57.9 Å². The molecule has 12 nitrogen and oxygen atoms in total. The lowest BCUT2D eigenvalue weighted by Gasteiger charge is -2.15. The molecule has 0 aliphatic rings. The molecule has 6 aromatic rings. The number of benzene rings is 6. The van der Waals surface area contributed by atoms with Crippen LogP contribution in [0.1, 0.15) is 41.5 Å². The summed E-state index contributed by atoms with van der Waals surface area (Å²) in [6, 6.07) is 24.3. The first-order valence-corrected chi connectivity index (χ1v) is 15.8. The number of hydrogen-bond donors (Lipinski definition) is 0. The Balaban J connectivity index is 0.000000201. The van der Waals surface area contributed by atoms with E-state index in [1.807, 2.05) is 36.4 Å². The van der Waals surface area contributed by atoms with Gasteiger partial charge in [0.1, 0.15) is 23.0 Å². The SMILES string of the molecule is CC(=O)Oc1cccc2cc3cccc(OC(C)=O)c3c(OC(C)=O)c12.CC(=O)Oc1cccc2cc3cccc(OC(C)=O)c3c(OC(C)=O)c12. The average molecular weight is 705 g/mol. The van der Waals surface area contributed by atoms with Crippen molar-refractivity contribution in [2.24, 2.45) is 0 Å². The van der Waals surface area contributed by atoms with Gasteiger partial charge in [0, 0.05) is 41.5 Å². The number of esters is 6. The maximum Gasteiger partial charge on any atom is 0.308 e. The summed E-state index contributed by atoms with van der Waals surface area (Å²) in [6.07, 6.45) is 0. The average Bonchev–Trinajstić information content (AvgIpc) is 3.03. The fourth-order valence-corrected chi connectivity index (χ4v) is 5.68. The van der Waals surface area contributed by atoms with Gasteiger partial charge in [-0.25, -0.2) is 0 Å². The van der Waals surface area contributed by atoms with Crippen molar-refractivity contribution in [3.63, 3.8) is 0 Å². The smallest absolute Gasteiger partial charge is 0.308 e. The van der Waals surface area contributed by atoms with E-state index in [1.54, 1.807) is 48.5 Å². The van der Waals surface area contributed by atoms with Crippen LogP contribution in [0.5, 0.6) is 34.5 Å². The van der Waals surface area contributed by atoms with Crippen LogP contribution in [0.25, 0.3) is 43.1 Å². The highest BCUT2D eigenvalue weighted by molar-refractivity contribution is 6.13. The fourth-order valence-electron chi connectivity index (χ4n) is 5.68. The second-order valence-electron chi connectivity index (χ2n) is 11.4. The first-order chi connectivity index (χ1) is 24.7. The number of carbonyl (C=O) groups excluding carboxylic acids is 6. The molecule has 0 unspecified atom stereocenters. The van der Waals surface area contributed by atoms with Gasteiger partial charge in [0.05, 0.1) is 21.5 Å². The van der Waals surface area contributed by atoms with Crippen molar-refractivity contribution in [3.05, 3.63) is 84.9 Å². The second-order valence-corrected chi connectivity index (χ2v) is 11.4. The molecule has 0 heterocycles. The molecular weight excluding hydrogens is 672 g/mol. The van der Waals surface area contributed by atoms with Crippen molar-refractivity contribution in [1.82, 2.24) is 0 Å². The summed E-state index contributed by atoms with van der Waals surface area (Å²) in [5.74, 6) is -1.72. The fraction of sp³-hybridized carbons (Fsp3) is 0.150. The van der Waals surface area contributed by atoms with Crippen molar-refractivity contribution in [3.8, 4) is 34.5 Å². The highest BCUT2D eigenvalue weighted by Crippen LogP contribution is 2.45. The summed E-state index contributed by atoms with van der Waals surface area (Å²) in [7, 11) is 0. The predicted molar refractivity (Wildman–Crippen MR) is 191 cm³/mol. The van der Waals surface area contributed by atoms with Gasteiger partial charge in [-0.2, -0.15) is 0 Å². The number of fused-ring (bicyclic) bond motifs is 4. The van der Waals surface area contributed by atoms with E-state index in [-0.39, 0.29) is 34.5 Å². The van der Waals surface area contributed by atoms with Crippen molar-refractivity contribution >= 4 is 78.9 Å². The predicted octanol–water partition coefficient (Wildman–Crippen LogP) is 7.54. The van der Waals surface area contributed by atoms with Crippen LogP contribution in [0.2, 0.25) is 0 Å². The van der Waals surface area contributed by atoms with Crippen LogP contribution < -0.4 is 28.4 Å². The number of ether oxygens (including phenoxy) is 6. The monoisotopic (exact) mass is 704 g/mol. The van der Waals surface area contributed by atoms with Crippen LogP contribution in [-0.2, 0) is 28.8 Å². The van der Waals surface area contributed by atoms with Crippen molar-refractivity contribution in [2.75, 3.05) is 0 Å². The molecule has 0 aliphatic heterocycles. The summed E-state index contributed by atoms with van der Waals surface area (Å²) in [4.78, 5) is 69.3. The van der Waals surface area contributed by atoms with Gasteiger partial charge in [-0.1, -0.05) is 48.5 Å². The van der Waals surface area contributed by atoms with E-state index in [0.29, 0.717) is 43.1 Å². The largest absolute Gasteiger partial charge is 0.426 e. The van der Waals surface area contributed by atoms with Crippen LogP contribution in [-0.4, -0.2) is 35.8 Å². The minimum Gasteiger partial charge on any atom is -0.426 e. The third-order valence-electron chi connectivity index (χ3n) is 7.27. The summed E-state index contributed by atoms with van der Waals surface area (Å²) in [5, 5.41) is 4.66. The van der Waals surface area contributed by atoms with Gasteiger partial charge in [-0.3, -0.25) is 28.8 Å². The van der Waals surface area contributed by atoms with Gasteiger partial charge >= 0.3 is 35.8 Å². The summed E-state index contributed by atoms with van der Waals surface area (Å²) in [5.41, 5.74) is 0. The molecule has 0 saturated heterocycles. The van der Waals surface area contributed by atoms with Crippen molar-refractivity contribution in [2.45, 2.75) is 41.5 Å². The normalized spacial score (nSPS) is 10.6.